The first-order chi connectivity index (χ1) is 11.4. The number of carbonyl (C=O) groups excluding carboxylic acids is 1. The van der Waals surface area contributed by atoms with E-state index in [0.717, 1.165) is 17.2 Å². The van der Waals surface area contributed by atoms with Crippen LogP contribution in [-0.4, -0.2) is 38.8 Å². The SMILES string of the molecule is CON1CC(CS(=O)(=O)c2ccc(F)cc2)c2ccccc2C1=O. The van der Waals surface area contributed by atoms with Crippen LogP contribution in [-0.2, 0) is 14.7 Å². The molecular weight excluding hydrogens is 333 g/mol. The van der Waals surface area contributed by atoms with Gasteiger partial charge in [-0.15, -0.1) is 0 Å². The largest absolute Gasteiger partial charge is 0.277 e. The van der Waals surface area contributed by atoms with Crippen molar-refractivity contribution in [1.82, 2.24) is 5.06 Å². The van der Waals surface area contributed by atoms with Crippen LogP contribution in [0.3, 0.4) is 0 Å². The van der Waals surface area contributed by atoms with Crippen molar-refractivity contribution in [1.29, 1.82) is 0 Å². The first-order valence-corrected chi connectivity index (χ1v) is 9.01. The minimum atomic E-state index is -3.63. The molecule has 3 rings (SSSR count). The zero-order valence-corrected chi connectivity index (χ0v) is 13.8. The minimum absolute atomic E-state index is 0.0576. The number of benzene rings is 2. The number of fused-ring (bicyclic) bond motifs is 1. The van der Waals surface area contributed by atoms with E-state index in [0.29, 0.717) is 11.1 Å². The second kappa shape index (κ2) is 6.33. The molecule has 126 valence electrons. The van der Waals surface area contributed by atoms with Gasteiger partial charge in [0, 0.05) is 11.5 Å². The second-order valence-corrected chi connectivity index (χ2v) is 7.60. The van der Waals surface area contributed by atoms with Gasteiger partial charge in [-0.2, -0.15) is 0 Å². The molecule has 7 heteroatoms. The highest BCUT2D eigenvalue weighted by atomic mass is 32.2. The maximum atomic E-state index is 13.0. The van der Waals surface area contributed by atoms with Gasteiger partial charge in [-0.25, -0.2) is 17.9 Å². The fraction of sp³-hybridized carbons (Fsp3) is 0.235. The summed E-state index contributed by atoms with van der Waals surface area (Å²) in [5.74, 6) is -1.39. The number of amides is 1. The van der Waals surface area contributed by atoms with Gasteiger partial charge in [-0.3, -0.25) is 9.63 Å². The van der Waals surface area contributed by atoms with E-state index in [-0.39, 0.29) is 23.1 Å². The molecule has 0 saturated heterocycles. The quantitative estimate of drug-likeness (QED) is 0.795. The summed E-state index contributed by atoms with van der Waals surface area (Å²) in [5.41, 5.74) is 1.12. The Morgan fingerprint density at radius 2 is 1.83 bits per heavy atom. The lowest BCUT2D eigenvalue weighted by Crippen LogP contribution is -2.41. The zero-order valence-electron chi connectivity index (χ0n) is 13.0. The summed E-state index contributed by atoms with van der Waals surface area (Å²) in [7, 11) is -2.26. The van der Waals surface area contributed by atoms with Crippen molar-refractivity contribution >= 4 is 15.7 Å². The third-order valence-corrected chi connectivity index (χ3v) is 5.89. The standard InChI is InChI=1S/C17H16FNO4S/c1-23-19-10-12(15-4-2-3-5-16(15)17(19)20)11-24(21,22)14-8-6-13(18)7-9-14/h2-9,12H,10-11H2,1H3. The summed E-state index contributed by atoms with van der Waals surface area (Å²) in [4.78, 5) is 17.4. The molecular formula is C17H16FNO4S. The van der Waals surface area contributed by atoms with Crippen molar-refractivity contribution in [2.75, 3.05) is 19.4 Å². The molecule has 1 heterocycles. The number of hydrogen-bond acceptors (Lipinski definition) is 4. The van der Waals surface area contributed by atoms with Crippen molar-refractivity contribution in [3.63, 3.8) is 0 Å². The van der Waals surface area contributed by atoms with Crippen molar-refractivity contribution in [3.05, 3.63) is 65.5 Å². The highest BCUT2D eigenvalue weighted by Gasteiger charge is 2.34. The monoisotopic (exact) mass is 349 g/mol. The van der Waals surface area contributed by atoms with Crippen LogP contribution in [0.2, 0.25) is 0 Å². The Hall–Kier alpha value is -2.25. The van der Waals surface area contributed by atoms with Crippen molar-refractivity contribution in [2.45, 2.75) is 10.8 Å². The van der Waals surface area contributed by atoms with E-state index in [2.05, 4.69) is 0 Å². The Balaban J connectivity index is 1.95. The lowest BCUT2D eigenvalue weighted by molar-refractivity contribution is -0.100. The summed E-state index contributed by atoms with van der Waals surface area (Å²) < 4.78 is 38.3. The molecule has 5 nitrogen and oxygen atoms in total. The van der Waals surface area contributed by atoms with Gasteiger partial charge in [0.1, 0.15) is 5.82 Å². The molecule has 1 atom stereocenters. The van der Waals surface area contributed by atoms with Crippen LogP contribution in [0.15, 0.2) is 53.4 Å². The molecule has 1 unspecified atom stereocenters. The van der Waals surface area contributed by atoms with Gasteiger partial charge >= 0.3 is 0 Å². The molecule has 24 heavy (non-hydrogen) atoms. The highest BCUT2D eigenvalue weighted by molar-refractivity contribution is 7.91. The van der Waals surface area contributed by atoms with E-state index in [1.807, 2.05) is 0 Å². The van der Waals surface area contributed by atoms with Crippen LogP contribution >= 0.6 is 0 Å². The number of sulfone groups is 1. The predicted octanol–water partition coefficient (Wildman–Crippen LogP) is 2.40. The molecule has 0 spiro atoms. The normalized spacial score (nSPS) is 17.7. The van der Waals surface area contributed by atoms with E-state index in [9.17, 15) is 17.6 Å². The number of halogens is 1. The number of rotatable bonds is 4. The van der Waals surface area contributed by atoms with E-state index < -0.39 is 21.6 Å². The van der Waals surface area contributed by atoms with Crippen LogP contribution in [0.1, 0.15) is 21.8 Å². The molecule has 1 amide bonds. The topological polar surface area (TPSA) is 63.7 Å². The molecule has 0 saturated carbocycles. The molecule has 0 N–H and O–H groups in total. The molecule has 0 aliphatic carbocycles. The zero-order chi connectivity index (χ0) is 17.3. The maximum Gasteiger partial charge on any atom is 0.277 e. The fourth-order valence-corrected chi connectivity index (χ4v) is 4.42. The Bertz CT molecular complexity index is 864. The predicted molar refractivity (Wildman–Crippen MR) is 85.7 cm³/mol. The summed E-state index contributed by atoms with van der Waals surface area (Å²) in [6.45, 7) is 0.146. The highest BCUT2D eigenvalue weighted by Crippen LogP contribution is 2.30. The van der Waals surface area contributed by atoms with Crippen LogP contribution in [0, 0.1) is 5.82 Å². The second-order valence-electron chi connectivity index (χ2n) is 5.57. The Morgan fingerprint density at radius 3 is 2.50 bits per heavy atom. The maximum absolute atomic E-state index is 13.0. The third-order valence-electron chi connectivity index (χ3n) is 4.06. The van der Waals surface area contributed by atoms with Crippen molar-refractivity contribution in [3.8, 4) is 0 Å². The van der Waals surface area contributed by atoms with Gasteiger partial charge in [0.2, 0.25) is 0 Å². The number of hydrogen-bond donors (Lipinski definition) is 0. The van der Waals surface area contributed by atoms with Gasteiger partial charge in [-0.05, 0) is 35.9 Å². The van der Waals surface area contributed by atoms with Crippen molar-refractivity contribution in [2.24, 2.45) is 0 Å². The Morgan fingerprint density at radius 1 is 1.17 bits per heavy atom. The fourth-order valence-electron chi connectivity index (χ4n) is 2.87. The summed E-state index contributed by atoms with van der Waals surface area (Å²) in [6.07, 6.45) is 0. The molecule has 1 aliphatic rings. The van der Waals surface area contributed by atoms with E-state index in [1.165, 1.54) is 19.2 Å². The summed E-state index contributed by atoms with van der Waals surface area (Å²) in [5, 5.41) is 1.16. The average Bonchev–Trinajstić information content (AvgIpc) is 2.58. The van der Waals surface area contributed by atoms with Crippen LogP contribution in [0.25, 0.3) is 0 Å². The Labute approximate surface area is 139 Å². The van der Waals surface area contributed by atoms with Crippen molar-refractivity contribution < 1.29 is 22.4 Å². The average molecular weight is 349 g/mol. The van der Waals surface area contributed by atoms with E-state index in [4.69, 9.17) is 4.84 Å². The van der Waals surface area contributed by atoms with Crippen LogP contribution < -0.4 is 0 Å². The Kier molecular flexibility index (Phi) is 4.38. The first-order valence-electron chi connectivity index (χ1n) is 7.35. The minimum Gasteiger partial charge on any atom is -0.274 e. The van der Waals surface area contributed by atoms with Gasteiger partial charge in [0.15, 0.2) is 9.84 Å². The number of hydroxylamine groups is 2. The third kappa shape index (κ3) is 3.05. The van der Waals surface area contributed by atoms with E-state index in [1.54, 1.807) is 24.3 Å². The molecule has 0 aromatic heterocycles. The first kappa shape index (κ1) is 16.6. The van der Waals surface area contributed by atoms with Crippen LogP contribution in [0.5, 0.6) is 0 Å². The van der Waals surface area contributed by atoms with Gasteiger partial charge < -0.3 is 0 Å². The summed E-state index contributed by atoms with van der Waals surface area (Å²) >= 11 is 0. The van der Waals surface area contributed by atoms with Gasteiger partial charge in [-0.1, -0.05) is 18.2 Å². The number of carbonyl (C=O) groups is 1. The lowest BCUT2D eigenvalue weighted by atomic mass is 9.91. The van der Waals surface area contributed by atoms with Crippen LogP contribution in [0.4, 0.5) is 4.39 Å². The number of nitrogens with zero attached hydrogens (tertiary/aromatic N) is 1. The lowest BCUT2D eigenvalue weighted by Gasteiger charge is -2.32. The van der Waals surface area contributed by atoms with Gasteiger partial charge in [0.05, 0.1) is 24.3 Å². The molecule has 2 aromatic carbocycles. The molecule has 0 bridgehead atoms. The summed E-state index contributed by atoms with van der Waals surface area (Å²) in [6, 6.07) is 11.6. The van der Waals surface area contributed by atoms with E-state index >= 15 is 0 Å². The molecule has 1 aliphatic heterocycles. The molecule has 2 aromatic rings. The molecule has 0 radical (unpaired) electrons. The van der Waals surface area contributed by atoms with Gasteiger partial charge in [0.25, 0.3) is 5.91 Å². The smallest absolute Gasteiger partial charge is 0.274 e. The molecule has 0 fully saturated rings.